The summed E-state index contributed by atoms with van der Waals surface area (Å²) in [6, 6.07) is 0. The fourth-order valence-corrected chi connectivity index (χ4v) is 7.08. The number of hydrogen-bond acceptors (Lipinski definition) is 3. The van der Waals surface area contributed by atoms with Crippen molar-refractivity contribution in [2.24, 2.45) is 39.9 Å². The van der Waals surface area contributed by atoms with Crippen molar-refractivity contribution in [2.45, 2.75) is 59.0 Å². The molecule has 0 saturated heterocycles. The minimum Gasteiger partial charge on any atom is -0.396 e. The minimum atomic E-state index is -0.860. The van der Waals surface area contributed by atoms with E-state index in [9.17, 15) is 15.0 Å². The molecule has 23 heavy (non-hydrogen) atoms. The largest absolute Gasteiger partial charge is 0.396 e. The molecule has 0 aromatic heterocycles. The maximum atomic E-state index is 12.6. The summed E-state index contributed by atoms with van der Waals surface area (Å²) in [5.74, 6) is 1.75. The molecule has 3 nitrogen and oxygen atoms in total. The van der Waals surface area contributed by atoms with Gasteiger partial charge in [0.25, 0.3) is 0 Å². The van der Waals surface area contributed by atoms with Crippen LogP contribution >= 0.6 is 0 Å². The van der Waals surface area contributed by atoms with E-state index < -0.39 is 6.10 Å². The molecule has 8 unspecified atom stereocenters. The van der Waals surface area contributed by atoms with Crippen molar-refractivity contribution >= 4 is 5.78 Å². The highest BCUT2D eigenvalue weighted by Gasteiger charge is 2.65. The zero-order valence-electron chi connectivity index (χ0n) is 14.6. The molecule has 0 aromatic rings. The molecule has 4 aliphatic carbocycles. The lowest BCUT2D eigenvalue weighted by atomic mass is 9.41. The van der Waals surface area contributed by atoms with Gasteiger partial charge in [-0.05, 0) is 54.8 Å². The average Bonchev–Trinajstić information content (AvgIpc) is 2.82. The number of carbonyl (C=O) groups is 1. The van der Waals surface area contributed by atoms with Gasteiger partial charge in [-0.2, -0.15) is 0 Å². The smallest absolute Gasteiger partial charge is 0.162 e. The van der Waals surface area contributed by atoms with Crippen LogP contribution in [0.5, 0.6) is 0 Å². The molecule has 3 fully saturated rings. The van der Waals surface area contributed by atoms with Crippen molar-refractivity contribution in [3.8, 4) is 0 Å². The predicted molar refractivity (Wildman–Crippen MR) is 88.6 cm³/mol. The molecule has 0 spiro atoms. The number of aliphatic hydroxyl groups is 2. The molecule has 0 heterocycles. The SMILES string of the molecule is CC12C=CC(C1)C1CCC3C(C)(CO)CC(=O)C(O)C3(C)C1C2. The Morgan fingerprint density at radius 2 is 1.96 bits per heavy atom. The number of allylic oxidation sites excluding steroid dienone is 2. The standard InChI is InChI=1S/C20H30O3/c1-18-7-6-12(8-18)13-4-5-16-19(2,11-21)10-15(22)17(23)20(16,3)14(13)9-18/h6-7,12-14,16-17,21,23H,4-5,8-11H2,1-3H3. The number of aliphatic hydroxyl groups excluding tert-OH is 2. The number of fused-ring (bicyclic) bond motifs is 6. The van der Waals surface area contributed by atoms with Gasteiger partial charge in [0.05, 0.1) is 0 Å². The van der Waals surface area contributed by atoms with Crippen LogP contribution in [0.2, 0.25) is 0 Å². The van der Waals surface area contributed by atoms with Crippen LogP contribution in [0.1, 0.15) is 52.9 Å². The molecular formula is C20H30O3. The third-order valence-corrected chi connectivity index (χ3v) is 8.21. The van der Waals surface area contributed by atoms with Crippen LogP contribution in [-0.4, -0.2) is 28.7 Å². The van der Waals surface area contributed by atoms with E-state index in [-0.39, 0.29) is 34.6 Å². The molecule has 2 N–H and O–H groups in total. The number of rotatable bonds is 1. The highest BCUT2D eigenvalue weighted by molar-refractivity contribution is 5.85. The van der Waals surface area contributed by atoms with Gasteiger partial charge in [-0.25, -0.2) is 0 Å². The van der Waals surface area contributed by atoms with E-state index in [0.29, 0.717) is 24.2 Å². The predicted octanol–water partition coefficient (Wildman–Crippen LogP) is 2.95. The highest BCUT2D eigenvalue weighted by atomic mass is 16.3. The van der Waals surface area contributed by atoms with Gasteiger partial charge in [0.2, 0.25) is 0 Å². The summed E-state index contributed by atoms with van der Waals surface area (Å²) in [5, 5.41) is 20.9. The topological polar surface area (TPSA) is 57.5 Å². The van der Waals surface area contributed by atoms with Crippen LogP contribution in [0.15, 0.2) is 12.2 Å². The Morgan fingerprint density at radius 1 is 1.22 bits per heavy atom. The van der Waals surface area contributed by atoms with E-state index in [0.717, 1.165) is 12.8 Å². The Bertz CT molecular complexity index is 569. The van der Waals surface area contributed by atoms with Gasteiger partial charge in [0, 0.05) is 23.9 Å². The lowest BCUT2D eigenvalue weighted by Gasteiger charge is -2.63. The summed E-state index contributed by atoms with van der Waals surface area (Å²) in [4.78, 5) is 12.6. The van der Waals surface area contributed by atoms with E-state index in [4.69, 9.17) is 0 Å². The summed E-state index contributed by atoms with van der Waals surface area (Å²) in [6.45, 7) is 6.58. The number of Topliss-reactive ketones (excluding diaryl/α,β-unsaturated/α-hetero) is 1. The number of ketones is 1. The maximum Gasteiger partial charge on any atom is 0.162 e. The summed E-state index contributed by atoms with van der Waals surface area (Å²) in [7, 11) is 0. The first-order valence-corrected chi connectivity index (χ1v) is 9.24. The first kappa shape index (κ1) is 15.8. The quantitative estimate of drug-likeness (QED) is 0.731. The molecule has 2 bridgehead atoms. The molecule has 0 radical (unpaired) electrons. The zero-order valence-corrected chi connectivity index (χ0v) is 14.6. The van der Waals surface area contributed by atoms with Crippen LogP contribution in [0.4, 0.5) is 0 Å². The minimum absolute atomic E-state index is 0.0437. The van der Waals surface area contributed by atoms with Crippen LogP contribution in [-0.2, 0) is 4.79 Å². The van der Waals surface area contributed by atoms with Crippen molar-refractivity contribution in [1.29, 1.82) is 0 Å². The van der Waals surface area contributed by atoms with E-state index in [2.05, 4.69) is 32.9 Å². The Labute approximate surface area is 139 Å². The van der Waals surface area contributed by atoms with Crippen LogP contribution in [0.25, 0.3) is 0 Å². The van der Waals surface area contributed by atoms with Crippen LogP contribution < -0.4 is 0 Å². The van der Waals surface area contributed by atoms with Gasteiger partial charge in [0.1, 0.15) is 6.10 Å². The molecule has 0 aromatic carbocycles. The van der Waals surface area contributed by atoms with Gasteiger partial charge < -0.3 is 10.2 Å². The second-order valence-electron chi connectivity index (χ2n) is 9.71. The zero-order chi connectivity index (χ0) is 16.6. The lowest BCUT2D eigenvalue weighted by molar-refractivity contribution is -0.198. The molecule has 4 rings (SSSR count). The van der Waals surface area contributed by atoms with Crippen molar-refractivity contribution in [3.05, 3.63) is 12.2 Å². The van der Waals surface area contributed by atoms with Gasteiger partial charge in [0.15, 0.2) is 5.78 Å². The van der Waals surface area contributed by atoms with Gasteiger partial charge in [-0.3, -0.25) is 4.79 Å². The first-order chi connectivity index (χ1) is 10.7. The summed E-state index contributed by atoms with van der Waals surface area (Å²) in [5.41, 5.74) is -0.533. The van der Waals surface area contributed by atoms with Crippen LogP contribution in [0, 0.1) is 39.9 Å². The van der Waals surface area contributed by atoms with Crippen molar-refractivity contribution in [3.63, 3.8) is 0 Å². The summed E-state index contributed by atoms with van der Waals surface area (Å²) in [6.07, 6.45) is 8.75. The van der Waals surface area contributed by atoms with E-state index in [1.165, 1.54) is 12.8 Å². The second-order valence-corrected chi connectivity index (χ2v) is 9.71. The molecule has 128 valence electrons. The first-order valence-electron chi connectivity index (χ1n) is 9.24. The van der Waals surface area contributed by atoms with Crippen molar-refractivity contribution in [1.82, 2.24) is 0 Å². The third-order valence-electron chi connectivity index (χ3n) is 8.21. The fourth-order valence-electron chi connectivity index (χ4n) is 7.08. The molecule has 3 heteroatoms. The third kappa shape index (κ3) is 1.93. The fraction of sp³-hybridized carbons (Fsp3) is 0.850. The average molecular weight is 318 g/mol. The molecule has 8 atom stereocenters. The normalized spacial score (nSPS) is 58.0. The van der Waals surface area contributed by atoms with Crippen molar-refractivity contribution < 1.29 is 15.0 Å². The Balaban J connectivity index is 1.79. The second kappa shape index (κ2) is 4.70. The molecule has 4 aliphatic rings. The van der Waals surface area contributed by atoms with E-state index in [1.807, 2.05) is 0 Å². The Kier molecular flexibility index (Phi) is 3.23. The van der Waals surface area contributed by atoms with E-state index in [1.54, 1.807) is 0 Å². The van der Waals surface area contributed by atoms with Crippen LogP contribution in [0.3, 0.4) is 0 Å². The molecular weight excluding hydrogens is 288 g/mol. The molecule has 0 aliphatic heterocycles. The monoisotopic (exact) mass is 318 g/mol. The molecule has 3 saturated carbocycles. The van der Waals surface area contributed by atoms with Gasteiger partial charge in [-0.1, -0.05) is 32.9 Å². The summed E-state index contributed by atoms with van der Waals surface area (Å²) >= 11 is 0. The van der Waals surface area contributed by atoms with E-state index >= 15 is 0 Å². The summed E-state index contributed by atoms with van der Waals surface area (Å²) < 4.78 is 0. The lowest BCUT2D eigenvalue weighted by Crippen LogP contribution is -2.64. The highest BCUT2D eigenvalue weighted by Crippen LogP contribution is 2.67. The molecule has 0 amide bonds. The number of hydrogen-bond donors (Lipinski definition) is 2. The Hall–Kier alpha value is -0.670. The van der Waals surface area contributed by atoms with Gasteiger partial charge >= 0.3 is 0 Å². The number of carbonyl (C=O) groups excluding carboxylic acids is 1. The van der Waals surface area contributed by atoms with Crippen molar-refractivity contribution in [2.75, 3.05) is 6.61 Å². The Morgan fingerprint density at radius 3 is 2.65 bits per heavy atom. The maximum absolute atomic E-state index is 12.6. The van der Waals surface area contributed by atoms with Gasteiger partial charge in [-0.15, -0.1) is 0 Å².